The molecule has 31 heavy (non-hydrogen) atoms. The molecule has 0 aliphatic rings. The van der Waals surface area contributed by atoms with Crippen LogP contribution in [-0.4, -0.2) is 29.2 Å². The summed E-state index contributed by atoms with van der Waals surface area (Å²) in [5.74, 6) is 0.965. The van der Waals surface area contributed by atoms with Crippen LogP contribution in [0.4, 0.5) is 0 Å². The number of nitrogens with two attached hydrogens (primary N) is 1. The maximum absolute atomic E-state index is 13.4. The zero-order valence-corrected chi connectivity index (χ0v) is 19.0. The van der Waals surface area contributed by atoms with E-state index in [9.17, 15) is 8.42 Å². The quantitative estimate of drug-likeness (QED) is 0.529. The Morgan fingerprint density at radius 2 is 1.65 bits per heavy atom. The Labute approximate surface area is 184 Å². The molecule has 0 bridgehead atoms. The number of aryl methyl sites for hydroxylation is 2. The van der Waals surface area contributed by atoms with Gasteiger partial charge in [0.25, 0.3) is 0 Å². The summed E-state index contributed by atoms with van der Waals surface area (Å²) in [6, 6.07) is 18.7. The fraction of sp³-hybridized carbons (Fsp3) is 0.280. The van der Waals surface area contributed by atoms with Crippen molar-refractivity contribution in [3.63, 3.8) is 0 Å². The molecule has 5 nitrogen and oxygen atoms in total. The van der Waals surface area contributed by atoms with E-state index in [-0.39, 0.29) is 10.6 Å². The first-order valence-electron chi connectivity index (χ1n) is 10.2. The SMILES string of the molecule is COc1cc(C)cc(-c2ccc(OC)c(S(=O)(=O)Cc3cccc(CCCN)c3)c2)c1. The second-order valence-electron chi connectivity index (χ2n) is 7.58. The van der Waals surface area contributed by atoms with Crippen LogP contribution in [0.25, 0.3) is 11.1 Å². The highest BCUT2D eigenvalue weighted by Gasteiger charge is 2.22. The van der Waals surface area contributed by atoms with E-state index >= 15 is 0 Å². The molecule has 0 heterocycles. The number of sulfone groups is 1. The number of benzene rings is 3. The molecule has 0 saturated carbocycles. The minimum atomic E-state index is -3.63. The van der Waals surface area contributed by atoms with Gasteiger partial charge in [-0.05, 0) is 78.4 Å². The third-order valence-electron chi connectivity index (χ3n) is 5.14. The first kappa shape index (κ1) is 22.8. The van der Waals surface area contributed by atoms with E-state index in [2.05, 4.69) is 0 Å². The van der Waals surface area contributed by atoms with E-state index < -0.39 is 9.84 Å². The van der Waals surface area contributed by atoms with E-state index in [4.69, 9.17) is 15.2 Å². The summed E-state index contributed by atoms with van der Waals surface area (Å²) >= 11 is 0. The third kappa shape index (κ3) is 5.66. The summed E-state index contributed by atoms with van der Waals surface area (Å²) in [5.41, 5.74) is 10.1. The Morgan fingerprint density at radius 1 is 0.871 bits per heavy atom. The van der Waals surface area contributed by atoms with Gasteiger partial charge in [-0.15, -0.1) is 0 Å². The lowest BCUT2D eigenvalue weighted by Gasteiger charge is -2.13. The van der Waals surface area contributed by atoms with Crippen molar-refractivity contribution in [3.05, 3.63) is 77.4 Å². The smallest absolute Gasteiger partial charge is 0.186 e. The molecule has 0 atom stereocenters. The van der Waals surface area contributed by atoms with Gasteiger partial charge in [0.2, 0.25) is 0 Å². The van der Waals surface area contributed by atoms with Crippen molar-refractivity contribution in [2.45, 2.75) is 30.4 Å². The Bertz CT molecular complexity index is 1160. The molecule has 3 rings (SSSR count). The van der Waals surface area contributed by atoms with E-state index in [1.54, 1.807) is 19.2 Å². The van der Waals surface area contributed by atoms with Crippen LogP contribution in [0, 0.1) is 6.92 Å². The summed E-state index contributed by atoms with van der Waals surface area (Å²) in [5, 5.41) is 0. The van der Waals surface area contributed by atoms with Crippen molar-refractivity contribution in [2.24, 2.45) is 5.73 Å². The predicted octanol–water partition coefficient (Wildman–Crippen LogP) is 4.54. The second kappa shape index (κ2) is 9.98. The molecule has 3 aromatic rings. The van der Waals surface area contributed by atoms with Crippen LogP contribution < -0.4 is 15.2 Å². The van der Waals surface area contributed by atoms with Crippen LogP contribution in [0.2, 0.25) is 0 Å². The van der Waals surface area contributed by atoms with Crippen LogP contribution in [0.5, 0.6) is 11.5 Å². The normalized spacial score (nSPS) is 11.4. The van der Waals surface area contributed by atoms with E-state index in [0.717, 1.165) is 46.4 Å². The van der Waals surface area contributed by atoms with E-state index in [1.165, 1.54) is 7.11 Å². The summed E-state index contributed by atoms with van der Waals surface area (Å²) in [7, 11) is -0.532. The molecule has 0 saturated heterocycles. The molecule has 0 radical (unpaired) electrons. The molecule has 164 valence electrons. The van der Waals surface area contributed by atoms with Crippen LogP contribution in [0.1, 0.15) is 23.1 Å². The Kier molecular flexibility index (Phi) is 7.36. The summed E-state index contributed by atoms with van der Waals surface area (Å²) < 4.78 is 37.5. The molecule has 0 unspecified atom stereocenters. The minimum Gasteiger partial charge on any atom is -0.497 e. The van der Waals surface area contributed by atoms with Gasteiger partial charge in [0, 0.05) is 0 Å². The highest BCUT2D eigenvalue weighted by molar-refractivity contribution is 7.90. The molecule has 3 aromatic carbocycles. The van der Waals surface area contributed by atoms with Crippen LogP contribution in [0.15, 0.2) is 65.6 Å². The van der Waals surface area contributed by atoms with Gasteiger partial charge >= 0.3 is 0 Å². The van der Waals surface area contributed by atoms with Gasteiger partial charge in [0.1, 0.15) is 16.4 Å². The highest BCUT2D eigenvalue weighted by atomic mass is 32.2. The molecule has 0 aliphatic heterocycles. The number of rotatable bonds is 9. The molecule has 2 N–H and O–H groups in total. The second-order valence-corrected chi connectivity index (χ2v) is 9.53. The average Bonchev–Trinajstić information content (AvgIpc) is 2.76. The monoisotopic (exact) mass is 439 g/mol. The summed E-state index contributed by atoms with van der Waals surface area (Å²) in [6.07, 6.45) is 1.70. The van der Waals surface area contributed by atoms with Crippen molar-refractivity contribution in [1.29, 1.82) is 0 Å². The molecule has 6 heteroatoms. The molecule has 0 amide bonds. The molecular formula is C25H29NO4S. The topological polar surface area (TPSA) is 78.6 Å². The maximum Gasteiger partial charge on any atom is 0.186 e. The molecule has 0 spiro atoms. The van der Waals surface area contributed by atoms with Crippen molar-refractivity contribution in [3.8, 4) is 22.6 Å². The average molecular weight is 440 g/mol. The Morgan fingerprint density at radius 3 is 2.35 bits per heavy atom. The van der Waals surface area contributed by atoms with Crippen LogP contribution in [0.3, 0.4) is 0 Å². The van der Waals surface area contributed by atoms with Crippen LogP contribution >= 0.6 is 0 Å². The number of hydrogen-bond acceptors (Lipinski definition) is 5. The fourth-order valence-corrected chi connectivity index (χ4v) is 5.15. The van der Waals surface area contributed by atoms with Gasteiger partial charge in [-0.25, -0.2) is 8.42 Å². The Hall–Kier alpha value is -2.83. The summed E-state index contributed by atoms with van der Waals surface area (Å²) in [6.45, 7) is 2.58. The van der Waals surface area contributed by atoms with Crippen molar-refractivity contribution < 1.29 is 17.9 Å². The lowest BCUT2D eigenvalue weighted by molar-refractivity contribution is 0.403. The van der Waals surface area contributed by atoms with Gasteiger partial charge in [0.15, 0.2) is 9.84 Å². The van der Waals surface area contributed by atoms with Crippen LogP contribution in [-0.2, 0) is 22.0 Å². The molecule has 0 aromatic heterocycles. The van der Waals surface area contributed by atoms with Gasteiger partial charge in [-0.2, -0.15) is 0 Å². The number of methoxy groups -OCH3 is 2. The van der Waals surface area contributed by atoms with Crippen molar-refractivity contribution in [2.75, 3.05) is 20.8 Å². The maximum atomic E-state index is 13.4. The van der Waals surface area contributed by atoms with Gasteiger partial charge in [0.05, 0.1) is 20.0 Å². The van der Waals surface area contributed by atoms with Gasteiger partial charge in [-0.1, -0.05) is 36.4 Å². The first-order chi connectivity index (χ1) is 14.9. The van der Waals surface area contributed by atoms with Gasteiger partial charge in [-0.3, -0.25) is 0 Å². The number of hydrogen-bond donors (Lipinski definition) is 1. The van der Waals surface area contributed by atoms with Crippen molar-refractivity contribution in [1.82, 2.24) is 0 Å². The van der Waals surface area contributed by atoms with Crippen molar-refractivity contribution >= 4 is 9.84 Å². The zero-order valence-electron chi connectivity index (χ0n) is 18.2. The van der Waals surface area contributed by atoms with E-state index in [1.807, 2.05) is 55.5 Å². The largest absolute Gasteiger partial charge is 0.497 e. The Balaban J connectivity index is 1.99. The number of ether oxygens (including phenoxy) is 2. The molecule has 0 fully saturated rings. The molecular weight excluding hydrogens is 410 g/mol. The zero-order chi connectivity index (χ0) is 22.4. The molecule has 0 aliphatic carbocycles. The van der Waals surface area contributed by atoms with Gasteiger partial charge < -0.3 is 15.2 Å². The summed E-state index contributed by atoms with van der Waals surface area (Å²) in [4.78, 5) is 0.181. The first-order valence-corrected chi connectivity index (χ1v) is 11.9. The predicted molar refractivity (Wildman–Crippen MR) is 124 cm³/mol. The fourth-order valence-electron chi connectivity index (χ4n) is 3.61. The van der Waals surface area contributed by atoms with E-state index in [0.29, 0.717) is 12.3 Å². The standard InChI is InChI=1S/C25H29NO4S/c1-18-12-22(15-23(13-18)29-2)21-9-10-24(30-3)25(16-21)31(27,28)17-20-7-4-6-19(14-20)8-5-11-26/h4,6-7,9-10,12-16H,5,8,11,17,26H2,1-3H3. The third-order valence-corrected chi connectivity index (χ3v) is 6.84. The lowest BCUT2D eigenvalue weighted by Crippen LogP contribution is -2.08. The minimum absolute atomic E-state index is 0.0968. The lowest BCUT2D eigenvalue weighted by atomic mass is 10.0. The highest BCUT2D eigenvalue weighted by Crippen LogP contribution is 2.33.